The van der Waals surface area contributed by atoms with Crippen LogP contribution in [0.15, 0.2) is 17.5 Å². The molecule has 0 saturated carbocycles. The van der Waals surface area contributed by atoms with Gasteiger partial charge in [-0.25, -0.2) is 4.98 Å². The summed E-state index contributed by atoms with van der Waals surface area (Å²) in [5.41, 5.74) is 1.12. The van der Waals surface area contributed by atoms with E-state index in [1.807, 2.05) is 0 Å². The van der Waals surface area contributed by atoms with Gasteiger partial charge in [0, 0.05) is 25.1 Å². The number of nitrogens with zero attached hydrogens (tertiary/aromatic N) is 1. The molecular formula is C11H16N2OS. The van der Waals surface area contributed by atoms with Gasteiger partial charge >= 0.3 is 0 Å². The van der Waals surface area contributed by atoms with Crippen molar-refractivity contribution in [2.45, 2.75) is 32.0 Å². The molecular weight excluding hydrogens is 208 g/mol. The number of rotatable bonds is 5. The normalized spacial score (nSPS) is 16.3. The van der Waals surface area contributed by atoms with Gasteiger partial charge in [0.1, 0.15) is 5.01 Å². The summed E-state index contributed by atoms with van der Waals surface area (Å²) in [6.07, 6.45) is 6.76. The molecule has 1 aromatic rings. The lowest BCUT2D eigenvalue weighted by Crippen LogP contribution is -2.25. The maximum atomic E-state index is 5.04. The van der Waals surface area contributed by atoms with Crippen LogP contribution < -0.4 is 5.32 Å². The zero-order valence-electron chi connectivity index (χ0n) is 8.90. The average molecular weight is 224 g/mol. The molecule has 0 amide bonds. The monoisotopic (exact) mass is 224 g/mol. The lowest BCUT2D eigenvalue weighted by Gasteiger charge is -2.09. The number of nitrogens with one attached hydrogen (secondary N) is 1. The van der Waals surface area contributed by atoms with Gasteiger partial charge in [-0.15, -0.1) is 11.3 Å². The Kier molecular flexibility index (Phi) is 3.88. The fourth-order valence-electron chi connectivity index (χ4n) is 1.65. The Morgan fingerprint density at radius 1 is 1.53 bits per heavy atom. The van der Waals surface area contributed by atoms with Gasteiger partial charge < -0.3 is 10.1 Å². The molecule has 0 aliphatic heterocycles. The number of thiazole rings is 1. The quantitative estimate of drug-likeness (QED) is 0.778. The third-order valence-electron chi connectivity index (χ3n) is 2.45. The van der Waals surface area contributed by atoms with Crippen LogP contribution in [0.2, 0.25) is 0 Å². The third-order valence-corrected chi connectivity index (χ3v) is 3.32. The lowest BCUT2D eigenvalue weighted by molar-refractivity contribution is 0.184. The van der Waals surface area contributed by atoms with Crippen LogP contribution in [0.1, 0.15) is 23.5 Å². The van der Waals surface area contributed by atoms with Crippen LogP contribution in [-0.4, -0.2) is 18.1 Å². The topological polar surface area (TPSA) is 34.1 Å². The maximum absolute atomic E-state index is 5.04. The second-order valence-electron chi connectivity index (χ2n) is 3.69. The zero-order valence-corrected chi connectivity index (χ0v) is 9.72. The molecule has 2 rings (SSSR count). The summed E-state index contributed by atoms with van der Waals surface area (Å²) in [6, 6.07) is 0.609. The van der Waals surface area contributed by atoms with E-state index in [0.29, 0.717) is 12.6 Å². The van der Waals surface area contributed by atoms with Crippen molar-refractivity contribution in [1.29, 1.82) is 0 Å². The van der Waals surface area contributed by atoms with Crippen LogP contribution in [0.25, 0.3) is 0 Å². The molecule has 0 fully saturated rings. The van der Waals surface area contributed by atoms with E-state index in [0.717, 1.165) is 30.1 Å². The molecule has 0 bridgehead atoms. The molecule has 0 radical (unpaired) electrons. The smallest absolute Gasteiger partial charge is 0.119 e. The van der Waals surface area contributed by atoms with Crippen molar-refractivity contribution in [2.24, 2.45) is 0 Å². The minimum absolute atomic E-state index is 0.609. The van der Waals surface area contributed by atoms with E-state index in [-0.39, 0.29) is 0 Å². The fourth-order valence-corrected chi connectivity index (χ4v) is 2.42. The molecule has 0 saturated heterocycles. The van der Waals surface area contributed by atoms with E-state index < -0.39 is 0 Å². The zero-order chi connectivity index (χ0) is 10.5. The molecule has 0 aromatic carbocycles. The van der Waals surface area contributed by atoms with Crippen molar-refractivity contribution in [1.82, 2.24) is 10.3 Å². The van der Waals surface area contributed by atoms with Crippen molar-refractivity contribution >= 4 is 11.3 Å². The number of hydrogen-bond acceptors (Lipinski definition) is 4. The van der Waals surface area contributed by atoms with Gasteiger partial charge in [-0.2, -0.15) is 0 Å². The summed E-state index contributed by atoms with van der Waals surface area (Å²) in [5, 5.41) is 6.65. The highest BCUT2D eigenvalue weighted by atomic mass is 32.1. The van der Waals surface area contributed by atoms with E-state index in [2.05, 4.69) is 27.8 Å². The summed E-state index contributed by atoms with van der Waals surface area (Å²) in [5.74, 6) is 0. The first-order chi connectivity index (χ1) is 7.38. The van der Waals surface area contributed by atoms with Crippen LogP contribution in [0.5, 0.6) is 0 Å². The second-order valence-corrected chi connectivity index (χ2v) is 4.63. The first kappa shape index (κ1) is 10.8. The van der Waals surface area contributed by atoms with E-state index in [1.54, 1.807) is 18.4 Å². The van der Waals surface area contributed by atoms with Gasteiger partial charge in [0.05, 0.1) is 12.3 Å². The Bertz CT molecular complexity index is 327. The molecule has 1 N–H and O–H groups in total. The van der Waals surface area contributed by atoms with Crippen LogP contribution in [0, 0.1) is 0 Å². The maximum Gasteiger partial charge on any atom is 0.119 e. The molecule has 3 nitrogen and oxygen atoms in total. The minimum atomic E-state index is 0.609. The average Bonchev–Trinajstić information content (AvgIpc) is 2.85. The predicted molar refractivity (Wildman–Crippen MR) is 61.8 cm³/mol. The highest BCUT2D eigenvalue weighted by molar-refractivity contribution is 7.09. The molecule has 0 unspecified atom stereocenters. The van der Waals surface area contributed by atoms with Crippen molar-refractivity contribution in [3.05, 3.63) is 28.2 Å². The van der Waals surface area contributed by atoms with Crippen molar-refractivity contribution in [3.8, 4) is 0 Å². The molecule has 1 heterocycles. The third kappa shape index (κ3) is 3.12. The summed E-state index contributed by atoms with van der Waals surface area (Å²) >= 11 is 1.66. The molecule has 1 aliphatic carbocycles. The summed E-state index contributed by atoms with van der Waals surface area (Å²) < 4.78 is 5.04. The summed E-state index contributed by atoms with van der Waals surface area (Å²) in [7, 11) is 1.70. The lowest BCUT2D eigenvalue weighted by atomic mass is 10.2. The van der Waals surface area contributed by atoms with Crippen LogP contribution in [0.4, 0.5) is 0 Å². The van der Waals surface area contributed by atoms with Crippen LogP contribution in [-0.2, 0) is 17.9 Å². The van der Waals surface area contributed by atoms with E-state index in [4.69, 9.17) is 4.74 Å². The Morgan fingerprint density at radius 3 is 3.07 bits per heavy atom. The second kappa shape index (κ2) is 5.39. The van der Waals surface area contributed by atoms with Crippen LogP contribution >= 0.6 is 11.3 Å². The van der Waals surface area contributed by atoms with Gasteiger partial charge in [-0.3, -0.25) is 0 Å². The highest BCUT2D eigenvalue weighted by Crippen LogP contribution is 2.13. The standard InChI is InChI=1S/C11H16N2OS/c1-14-7-11-13-10(8-15-11)6-12-9-4-2-3-5-9/h2-3,8-9,12H,4-7H2,1H3. The predicted octanol–water partition coefficient (Wildman–Crippen LogP) is 2.10. The highest BCUT2D eigenvalue weighted by Gasteiger charge is 2.09. The van der Waals surface area contributed by atoms with E-state index in [1.165, 1.54) is 0 Å². The molecule has 0 spiro atoms. The fraction of sp³-hybridized carbons (Fsp3) is 0.545. The van der Waals surface area contributed by atoms with E-state index in [9.17, 15) is 0 Å². The van der Waals surface area contributed by atoms with Crippen molar-refractivity contribution in [2.75, 3.05) is 7.11 Å². The minimum Gasteiger partial charge on any atom is -0.378 e. The number of ether oxygens (including phenoxy) is 1. The van der Waals surface area contributed by atoms with E-state index >= 15 is 0 Å². The molecule has 4 heteroatoms. The SMILES string of the molecule is COCc1nc(CNC2CC=CC2)cs1. The van der Waals surface area contributed by atoms with Crippen molar-refractivity contribution < 1.29 is 4.74 Å². The summed E-state index contributed by atoms with van der Waals surface area (Å²) in [6.45, 7) is 1.49. The molecule has 82 valence electrons. The first-order valence-electron chi connectivity index (χ1n) is 5.19. The van der Waals surface area contributed by atoms with Crippen molar-refractivity contribution in [3.63, 3.8) is 0 Å². The molecule has 15 heavy (non-hydrogen) atoms. The molecule has 1 aliphatic rings. The Hall–Kier alpha value is -0.710. The Labute approximate surface area is 94.2 Å². The Balaban J connectivity index is 1.77. The molecule has 1 aromatic heterocycles. The van der Waals surface area contributed by atoms with Gasteiger partial charge in [0.25, 0.3) is 0 Å². The summed E-state index contributed by atoms with van der Waals surface area (Å²) in [4.78, 5) is 4.47. The van der Waals surface area contributed by atoms with Gasteiger partial charge in [0.15, 0.2) is 0 Å². The number of aromatic nitrogens is 1. The van der Waals surface area contributed by atoms with Gasteiger partial charge in [-0.1, -0.05) is 12.2 Å². The van der Waals surface area contributed by atoms with Gasteiger partial charge in [-0.05, 0) is 12.8 Å². The number of hydrogen-bond donors (Lipinski definition) is 1. The van der Waals surface area contributed by atoms with Crippen LogP contribution in [0.3, 0.4) is 0 Å². The van der Waals surface area contributed by atoms with Gasteiger partial charge in [0.2, 0.25) is 0 Å². The Morgan fingerprint density at radius 2 is 2.33 bits per heavy atom. The molecule has 0 atom stereocenters. The number of methoxy groups -OCH3 is 1. The largest absolute Gasteiger partial charge is 0.378 e. The first-order valence-corrected chi connectivity index (χ1v) is 6.07.